The smallest absolute Gasteiger partial charge is 0.371 e. The Morgan fingerprint density at radius 3 is 2.70 bits per heavy atom. The van der Waals surface area contributed by atoms with Gasteiger partial charge in [-0.15, -0.1) is 0 Å². The standard InChI is InChI=1S/C10H14BrNO7S/c11-9-8(6-7(19-9)10(14)15)20(16,17)12-2-1-4-18-5-3-13/h6,12-13H,1-5H2,(H,14,15). The van der Waals surface area contributed by atoms with E-state index in [4.69, 9.17) is 19.4 Å². The lowest BCUT2D eigenvalue weighted by Crippen LogP contribution is -2.25. The molecule has 20 heavy (non-hydrogen) atoms. The maximum atomic E-state index is 11.9. The Bertz CT molecular complexity index is 554. The van der Waals surface area contributed by atoms with E-state index in [2.05, 4.69) is 20.7 Å². The number of aliphatic hydroxyl groups is 1. The quantitative estimate of drug-likeness (QED) is 0.536. The third-order valence-electron chi connectivity index (χ3n) is 2.15. The predicted octanol–water partition coefficient (Wildman–Crippen LogP) is 0.418. The summed E-state index contributed by atoms with van der Waals surface area (Å²) in [6.45, 7) is 0.525. The van der Waals surface area contributed by atoms with Crippen LogP contribution < -0.4 is 4.72 Å². The van der Waals surface area contributed by atoms with Gasteiger partial charge in [0.15, 0.2) is 4.67 Å². The second kappa shape index (κ2) is 7.74. The van der Waals surface area contributed by atoms with E-state index in [0.29, 0.717) is 13.0 Å². The Morgan fingerprint density at radius 1 is 1.45 bits per heavy atom. The van der Waals surface area contributed by atoms with Crippen LogP contribution >= 0.6 is 15.9 Å². The van der Waals surface area contributed by atoms with Gasteiger partial charge in [-0.05, 0) is 22.4 Å². The number of hydrogen-bond acceptors (Lipinski definition) is 6. The Kier molecular flexibility index (Phi) is 6.62. The number of furan rings is 1. The summed E-state index contributed by atoms with van der Waals surface area (Å²) in [5, 5.41) is 17.2. The Balaban J connectivity index is 2.58. The van der Waals surface area contributed by atoms with Crippen LogP contribution in [-0.2, 0) is 14.8 Å². The van der Waals surface area contributed by atoms with Gasteiger partial charge in [0, 0.05) is 19.2 Å². The molecule has 8 nitrogen and oxygen atoms in total. The zero-order valence-corrected chi connectivity index (χ0v) is 12.7. The summed E-state index contributed by atoms with van der Waals surface area (Å²) in [6, 6.07) is 0.928. The molecule has 3 N–H and O–H groups in total. The molecule has 0 atom stereocenters. The molecule has 114 valence electrons. The van der Waals surface area contributed by atoms with E-state index < -0.39 is 21.8 Å². The molecule has 1 aromatic rings. The van der Waals surface area contributed by atoms with Crippen LogP contribution in [0.5, 0.6) is 0 Å². The van der Waals surface area contributed by atoms with Gasteiger partial charge in [0.2, 0.25) is 15.8 Å². The molecule has 0 aliphatic carbocycles. The van der Waals surface area contributed by atoms with Crippen LogP contribution in [0.1, 0.15) is 17.0 Å². The van der Waals surface area contributed by atoms with Gasteiger partial charge in [-0.25, -0.2) is 17.9 Å². The van der Waals surface area contributed by atoms with Crippen LogP contribution in [0.2, 0.25) is 0 Å². The molecule has 0 amide bonds. The summed E-state index contributed by atoms with van der Waals surface area (Å²) in [6.07, 6.45) is 0.417. The van der Waals surface area contributed by atoms with E-state index in [1.807, 2.05) is 0 Å². The number of aliphatic hydroxyl groups excluding tert-OH is 1. The fourth-order valence-corrected chi connectivity index (χ4v) is 3.28. The molecule has 1 rings (SSSR count). The van der Waals surface area contributed by atoms with Gasteiger partial charge in [0.1, 0.15) is 4.90 Å². The third kappa shape index (κ3) is 4.87. The van der Waals surface area contributed by atoms with Crippen molar-refractivity contribution >= 4 is 31.9 Å². The molecule has 0 radical (unpaired) electrons. The second-order valence-corrected chi connectivity index (χ2v) is 6.10. The monoisotopic (exact) mass is 371 g/mol. The average molecular weight is 372 g/mol. The first-order valence-electron chi connectivity index (χ1n) is 5.59. The normalized spacial score (nSPS) is 11.7. The molecule has 0 unspecified atom stereocenters. The molecule has 0 spiro atoms. The summed E-state index contributed by atoms with van der Waals surface area (Å²) >= 11 is 2.86. The minimum atomic E-state index is -3.86. The number of aromatic carboxylic acids is 1. The summed E-state index contributed by atoms with van der Waals surface area (Å²) in [4.78, 5) is 10.4. The molecule has 0 aliphatic heterocycles. The maximum absolute atomic E-state index is 11.9. The van der Waals surface area contributed by atoms with Crippen LogP contribution in [0.15, 0.2) is 20.0 Å². The summed E-state index contributed by atoms with van der Waals surface area (Å²) in [5.41, 5.74) is 0. The molecule has 10 heteroatoms. The first-order valence-corrected chi connectivity index (χ1v) is 7.87. The Labute approximate surface area is 123 Å². The highest BCUT2D eigenvalue weighted by molar-refractivity contribution is 9.10. The average Bonchev–Trinajstić information content (AvgIpc) is 2.77. The van der Waals surface area contributed by atoms with Crippen molar-refractivity contribution in [2.75, 3.05) is 26.4 Å². The number of carbonyl (C=O) groups is 1. The van der Waals surface area contributed by atoms with Gasteiger partial charge in [-0.2, -0.15) is 0 Å². The van der Waals surface area contributed by atoms with Crippen molar-refractivity contribution in [3.63, 3.8) is 0 Å². The van der Waals surface area contributed by atoms with Crippen molar-refractivity contribution in [3.05, 3.63) is 16.5 Å². The molecule has 1 aromatic heterocycles. The largest absolute Gasteiger partial charge is 0.475 e. The number of halogens is 1. The van der Waals surface area contributed by atoms with E-state index in [9.17, 15) is 13.2 Å². The predicted molar refractivity (Wildman–Crippen MR) is 71.1 cm³/mol. The van der Waals surface area contributed by atoms with E-state index >= 15 is 0 Å². The van der Waals surface area contributed by atoms with Crippen molar-refractivity contribution in [2.45, 2.75) is 11.3 Å². The fraction of sp³-hybridized carbons (Fsp3) is 0.500. The second-order valence-electron chi connectivity index (χ2n) is 3.64. The van der Waals surface area contributed by atoms with E-state index in [-0.39, 0.29) is 29.3 Å². The molecule has 0 aliphatic rings. The fourth-order valence-electron chi connectivity index (χ4n) is 1.27. The van der Waals surface area contributed by atoms with Gasteiger partial charge in [0.05, 0.1) is 13.2 Å². The van der Waals surface area contributed by atoms with Crippen LogP contribution in [0.4, 0.5) is 0 Å². The minimum Gasteiger partial charge on any atom is -0.475 e. The molecule has 0 saturated carbocycles. The number of ether oxygens (including phenoxy) is 1. The first-order chi connectivity index (χ1) is 9.38. The zero-order chi connectivity index (χ0) is 15.2. The van der Waals surface area contributed by atoms with Crippen molar-refractivity contribution in [3.8, 4) is 0 Å². The van der Waals surface area contributed by atoms with Crippen molar-refractivity contribution in [1.29, 1.82) is 0 Å². The van der Waals surface area contributed by atoms with Gasteiger partial charge < -0.3 is 19.4 Å². The van der Waals surface area contributed by atoms with Gasteiger partial charge in [0.25, 0.3) is 0 Å². The van der Waals surface area contributed by atoms with Gasteiger partial charge in [-0.3, -0.25) is 0 Å². The van der Waals surface area contributed by atoms with E-state index in [1.54, 1.807) is 0 Å². The van der Waals surface area contributed by atoms with Gasteiger partial charge in [-0.1, -0.05) is 0 Å². The summed E-state index contributed by atoms with van der Waals surface area (Å²) < 4.78 is 35.7. The number of sulfonamides is 1. The SMILES string of the molecule is O=C(O)c1cc(S(=O)(=O)NCCCOCCO)c(Br)o1. The van der Waals surface area contributed by atoms with Gasteiger partial charge >= 0.3 is 5.97 Å². The van der Waals surface area contributed by atoms with E-state index in [1.165, 1.54) is 0 Å². The number of carboxylic acid groups (broad SMARTS) is 1. The molecular formula is C10H14BrNO7S. The molecule has 1 heterocycles. The molecule has 0 fully saturated rings. The highest BCUT2D eigenvalue weighted by Gasteiger charge is 2.24. The lowest BCUT2D eigenvalue weighted by atomic mass is 10.5. The molecule has 0 aromatic carbocycles. The number of rotatable bonds is 9. The number of carboxylic acids is 1. The topological polar surface area (TPSA) is 126 Å². The first kappa shape index (κ1) is 17.1. The van der Waals surface area contributed by atoms with Crippen molar-refractivity contribution < 1.29 is 32.6 Å². The van der Waals surface area contributed by atoms with Crippen LogP contribution in [0, 0.1) is 0 Å². The number of nitrogens with one attached hydrogen (secondary N) is 1. The maximum Gasteiger partial charge on any atom is 0.371 e. The highest BCUT2D eigenvalue weighted by atomic mass is 79.9. The number of hydrogen-bond donors (Lipinski definition) is 3. The minimum absolute atomic E-state index is 0.0916. The highest BCUT2D eigenvalue weighted by Crippen LogP contribution is 2.25. The Hall–Kier alpha value is -0.940. The Morgan fingerprint density at radius 2 is 2.15 bits per heavy atom. The molecular weight excluding hydrogens is 358 g/mol. The van der Waals surface area contributed by atoms with E-state index in [0.717, 1.165) is 6.07 Å². The molecule has 0 saturated heterocycles. The van der Waals surface area contributed by atoms with Crippen LogP contribution in [0.3, 0.4) is 0 Å². The zero-order valence-electron chi connectivity index (χ0n) is 10.3. The molecule has 0 bridgehead atoms. The van der Waals surface area contributed by atoms with Crippen LogP contribution in [-0.4, -0.2) is 51.0 Å². The summed E-state index contributed by atoms with van der Waals surface area (Å²) in [7, 11) is -3.86. The lowest BCUT2D eigenvalue weighted by Gasteiger charge is -2.05. The lowest BCUT2D eigenvalue weighted by molar-refractivity contribution is 0.0661. The summed E-state index contributed by atoms with van der Waals surface area (Å²) in [5.74, 6) is -1.83. The third-order valence-corrected chi connectivity index (χ3v) is 4.47. The van der Waals surface area contributed by atoms with Crippen molar-refractivity contribution in [2.24, 2.45) is 0 Å². The van der Waals surface area contributed by atoms with Crippen molar-refractivity contribution in [1.82, 2.24) is 4.72 Å². The van der Waals surface area contributed by atoms with Crippen LogP contribution in [0.25, 0.3) is 0 Å².